The summed E-state index contributed by atoms with van der Waals surface area (Å²) in [5.74, 6) is 0.0213. The second kappa shape index (κ2) is 6.87. The molecule has 1 fully saturated rings. The van der Waals surface area contributed by atoms with E-state index in [0.29, 0.717) is 18.2 Å². The van der Waals surface area contributed by atoms with E-state index in [-0.39, 0.29) is 12.0 Å². The first-order valence-electron chi connectivity index (χ1n) is 8.34. The number of aromatic nitrogens is 1. The van der Waals surface area contributed by atoms with E-state index >= 15 is 0 Å². The van der Waals surface area contributed by atoms with Crippen LogP contribution in [0, 0.1) is 6.92 Å². The van der Waals surface area contributed by atoms with Crippen molar-refractivity contribution in [1.29, 1.82) is 0 Å². The number of hydrogen-bond acceptors (Lipinski definition) is 4. The number of methoxy groups -OCH3 is 1. The van der Waals surface area contributed by atoms with Crippen molar-refractivity contribution in [3.63, 3.8) is 0 Å². The minimum Gasteiger partial charge on any atom is -0.380 e. The van der Waals surface area contributed by atoms with Crippen molar-refractivity contribution in [1.82, 2.24) is 14.8 Å². The van der Waals surface area contributed by atoms with Gasteiger partial charge in [-0.1, -0.05) is 18.2 Å². The molecule has 24 heavy (non-hydrogen) atoms. The average Bonchev–Trinajstić information content (AvgIpc) is 2.93. The van der Waals surface area contributed by atoms with Crippen LogP contribution >= 0.6 is 0 Å². The lowest BCUT2D eigenvalue weighted by Crippen LogP contribution is -2.39. The minimum atomic E-state index is 0.0213. The quantitative estimate of drug-likeness (QED) is 0.865. The third kappa shape index (κ3) is 3.28. The summed E-state index contributed by atoms with van der Waals surface area (Å²) in [5, 5.41) is 0.997. The van der Waals surface area contributed by atoms with Crippen molar-refractivity contribution in [2.24, 2.45) is 0 Å². The SMILES string of the molecule is CO[C@H]1C[C@@H](CN(C)C(=O)c2cccc3ccc(C)nc23)N(C)C1. The summed E-state index contributed by atoms with van der Waals surface area (Å²) in [6.45, 7) is 3.55. The van der Waals surface area contributed by atoms with Gasteiger partial charge in [-0.15, -0.1) is 0 Å². The zero-order chi connectivity index (χ0) is 17.3. The Morgan fingerprint density at radius 3 is 2.88 bits per heavy atom. The highest BCUT2D eigenvalue weighted by Gasteiger charge is 2.31. The molecule has 1 aromatic carbocycles. The molecule has 0 unspecified atom stereocenters. The van der Waals surface area contributed by atoms with Crippen LogP contribution in [0.4, 0.5) is 0 Å². The van der Waals surface area contributed by atoms with E-state index in [0.717, 1.165) is 29.6 Å². The Bertz CT molecular complexity index is 746. The smallest absolute Gasteiger partial charge is 0.255 e. The molecule has 0 radical (unpaired) electrons. The molecule has 1 amide bonds. The summed E-state index contributed by atoms with van der Waals surface area (Å²) in [6.07, 6.45) is 1.21. The highest BCUT2D eigenvalue weighted by Crippen LogP contribution is 2.21. The number of rotatable bonds is 4. The molecule has 0 saturated carbocycles. The Morgan fingerprint density at radius 1 is 1.38 bits per heavy atom. The normalized spacial score (nSPS) is 21.3. The first-order valence-corrected chi connectivity index (χ1v) is 8.34. The van der Waals surface area contributed by atoms with Crippen LogP contribution in [0.3, 0.4) is 0 Å². The van der Waals surface area contributed by atoms with Gasteiger partial charge in [0, 0.05) is 44.4 Å². The summed E-state index contributed by atoms with van der Waals surface area (Å²) < 4.78 is 5.45. The number of nitrogens with zero attached hydrogens (tertiary/aromatic N) is 3. The van der Waals surface area contributed by atoms with Gasteiger partial charge in [-0.25, -0.2) is 0 Å². The van der Waals surface area contributed by atoms with Gasteiger partial charge >= 0.3 is 0 Å². The number of ether oxygens (including phenoxy) is 1. The molecule has 0 N–H and O–H groups in total. The molecule has 0 aliphatic carbocycles. The summed E-state index contributed by atoms with van der Waals surface area (Å²) in [7, 11) is 5.70. The molecule has 1 aliphatic heterocycles. The van der Waals surface area contributed by atoms with Crippen LogP contribution in [0.5, 0.6) is 0 Å². The van der Waals surface area contributed by atoms with E-state index in [1.54, 1.807) is 12.0 Å². The Morgan fingerprint density at radius 2 is 2.17 bits per heavy atom. The molecule has 2 aromatic rings. The molecule has 0 spiro atoms. The molecule has 5 nitrogen and oxygen atoms in total. The monoisotopic (exact) mass is 327 g/mol. The number of pyridine rings is 1. The van der Waals surface area contributed by atoms with Crippen LogP contribution in [0.15, 0.2) is 30.3 Å². The van der Waals surface area contributed by atoms with Crippen molar-refractivity contribution in [3.8, 4) is 0 Å². The predicted molar refractivity (Wildman–Crippen MR) is 95.3 cm³/mol. The van der Waals surface area contributed by atoms with Gasteiger partial charge in [-0.2, -0.15) is 0 Å². The van der Waals surface area contributed by atoms with E-state index in [2.05, 4.69) is 16.9 Å². The van der Waals surface area contributed by atoms with E-state index in [1.807, 2.05) is 44.3 Å². The van der Waals surface area contributed by atoms with Crippen LogP contribution in [0.1, 0.15) is 22.5 Å². The molecular weight excluding hydrogens is 302 g/mol. The standard InChI is InChI=1S/C19H25N3O2/c1-13-8-9-14-6-5-7-17(18(14)20-13)19(23)22(3)11-15-10-16(24-4)12-21(15)2/h5-9,15-16H,10-12H2,1-4H3/t15-,16-/m0/s1. The van der Waals surface area contributed by atoms with Gasteiger partial charge in [-0.3, -0.25) is 14.7 Å². The Hall–Kier alpha value is -1.98. The Labute approximate surface area is 143 Å². The molecular formula is C19H25N3O2. The molecule has 0 bridgehead atoms. The van der Waals surface area contributed by atoms with Gasteiger partial charge < -0.3 is 9.64 Å². The number of para-hydroxylation sites is 1. The van der Waals surface area contributed by atoms with E-state index in [1.165, 1.54) is 0 Å². The molecule has 2 heterocycles. The number of hydrogen-bond donors (Lipinski definition) is 0. The third-order valence-electron chi connectivity index (χ3n) is 4.90. The fraction of sp³-hybridized carbons (Fsp3) is 0.474. The van der Waals surface area contributed by atoms with Crippen LogP contribution in [0.25, 0.3) is 10.9 Å². The molecule has 3 rings (SSSR count). The van der Waals surface area contributed by atoms with Gasteiger partial charge in [0.15, 0.2) is 0 Å². The number of likely N-dealkylation sites (tertiary alicyclic amines) is 1. The van der Waals surface area contributed by atoms with Crippen LogP contribution in [-0.4, -0.2) is 67.1 Å². The van der Waals surface area contributed by atoms with E-state index in [9.17, 15) is 4.79 Å². The molecule has 5 heteroatoms. The second-order valence-corrected chi connectivity index (χ2v) is 6.70. The van der Waals surface area contributed by atoms with Crippen LogP contribution in [-0.2, 0) is 4.74 Å². The van der Waals surface area contributed by atoms with E-state index in [4.69, 9.17) is 4.74 Å². The molecule has 1 aliphatic rings. The molecule has 1 aromatic heterocycles. The number of likely N-dealkylation sites (N-methyl/N-ethyl adjacent to an activating group) is 2. The summed E-state index contributed by atoms with van der Waals surface area (Å²) >= 11 is 0. The van der Waals surface area contributed by atoms with Gasteiger partial charge in [0.25, 0.3) is 5.91 Å². The lowest BCUT2D eigenvalue weighted by Gasteiger charge is -2.26. The van der Waals surface area contributed by atoms with Crippen molar-refractivity contribution >= 4 is 16.8 Å². The number of amides is 1. The summed E-state index contributed by atoms with van der Waals surface area (Å²) in [5.41, 5.74) is 2.37. The maximum Gasteiger partial charge on any atom is 0.255 e. The third-order valence-corrected chi connectivity index (χ3v) is 4.90. The van der Waals surface area contributed by atoms with Crippen molar-refractivity contribution in [3.05, 3.63) is 41.6 Å². The molecule has 1 saturated heterocycles. The average molecular weight is 327 g/mol. The number of fused-ring (bicyclic) bond motifs is 1. The molecule has 2 atom stereocenters. The van der Waals surface area contributed by atoms with Crippen LogP contribution < -0.4 is 0 Å². The zero-order valence-electron chi connectivity index (χ0n) is 14.8. The minimum absolute atomic E-state index is 0.0213. The highest BCUT2D eigenvalue weighted by molar-refractivity contribution is 6.05. The largest absolute Gasteiger partial charge is 0.380 e. The maximum atomic E-state index is 13.0. The lowest BCUT2D eigenvalue weighted by molar-refractivity contribution is 0.0762. The highest BCUT2D eigenvalue weighted by atomic mass is 16.5. The van der Waals surface area contributed by atoms with Gasteiger partial charge in [0.2, 0.25) is 0 Å². The van der Waals surface area contributed by atoms with Crippen molar-refractivity contribution in [2.75, 3.05) is 34.3 Å². The first kappa shape index (κ1) is 16.9. The zero-order valence-corrected chi connectivity index (χ0v) is 14.8. The predicted octanol–water partition coefficient (Wildman–Crippen LogP) is 2.33. The van der Waals surface area contributed by atoms with Crippen molar-refractivity contribution < 1.29 is 9.53 Å². The number of carbonyl (C=O) groups excluding carboxylic acids is 1. The van der Waals surface area contributed by atoms with E-state index < -0.39 is 0 Å². The van der Waals surface area contributed by atoms with Gasteiger partial charge in [0.05, 0.1) is 17.2 Å². The van der Waals surface area contributed by atoms with Gasteiger partial charge in [0.1, 0.15) is 0 Å². The lowest BCUT2D eigenvalue weighted by atomic mass is 10.1. The summed E-state index contributed by atoms with van der Waals surface area (Å²) in [4.78, 5) is 21.6. The maximum absolute atomic E-state index is 13.0. The number of benzene rings is 1. The van der Waals surface area contributed by atoms with Gasteiger partial charge in [-0.05, 0) is 32.5 Å². The fourth-order valence-corrected chi connectivity index (χ4v) is 3.43. The summed E-state index contributed by atoms with van der Waals surface area (Å²) in [6, 6.07) is 10.1. The van der Waals surface area contributed by atoms with Crippen LogP contribution in [0.2, 0.25) is 0 Å². The number of carbonyl (C=O) groups is 1. The topological polar surface area (TPSA) is 45.7 Å². The first-order chi connectivity index (χ1) is 11.5. The second-order valence-electron chi connectivity index (χ2n) is 6.70. The fourth-order valence-electron chi connectivity index (χ4n) is 3.43. The molecule has 128 valence electrons. The Kier molecular flexibility index (Phi) is 4.83. The van der Waals surface area contributed by atoms with Crippen molar-refractivity contribution in [2.45, 2.75) is 25.5 Å². The Balaban J connectivity index is 1.80. The number of aryl methyl sites for hydroxylation is 1.